The highest BCUT2D eigenvalue weighted by atomic mass is 28.3. The van der Waals surface area contributed by atoms with Crippen molar-refractivity contribution in [3.8, 4) is 11.1 Å². The number of nitrogens with zero attached hydrogens (tertiary/aromatic N) is 2. The fourth-order valence-electron chi connectivity index (χ4n) is 7.81. The highest BCUT2D eigenvalue weighted by Crippen LogP contribution is 2.63. The topological polar surface area (TPSA) is 25.2 Å². The van der Waals surface area contributed by atoms with E-state index in [1.165, 1.54) is 49.8 Å². The van der Waals surface area contributed by atoms with E-state index in [0.29, 0.717) is 0 Å². The summed E-state index contributed by atoms with van der Waals surface area (Å²) >= 11 is 0. The highest BCUT2D eigenvalue weighted by Gasteiger charge is 2.52. The van der Waals surface area contributed by atoms with Gasteiger partial charge in [-0.1, -0.05) is 109 Å². The van der Waals surface area contributed by atoms with Crippen LogP contribution < -0.4 is 15.6 Å². The summed E-state index contributed by atoms with van der Waals surface area (Å²) in [5.74, 6) is 0. The van der Waals surface area contributed by atoms with Crippen molar-refractivity contribution in [1.82, 2.24) is 4.57 Å². The van der Waals surface area contributed by atoms with Crippen LogP contribution in [-0.2, 0) is 12.5 Å². The average molecular weight is 589 g/mol. The smallest absolute Gasteiger partial charge is 0.258 e. The van der Waals surface area contributed by atoms with Crippen molar-refractivity contribution in [2.45, 2.75) is 38.9 Å². The van der Waals surface area contributed by atoms with Gasteiger partial charge in [-0.2, -0.15) is 0 Å². The second-order valence-electron chi connectivity index (χ2n) is 13.6. The van der Waals surface area contributed by atoms with Gasteiger partial charge in [-0.3, -0.25) is 4.79 Å². The Morgan fingerprint density at radius 2 is 1.25 bits per heavy atom. The van der Waals surface area contributed by atoms with Gasteiger partial charge in [0.05, 0.1) is 24.9 Å². The van der Waals surface area contributed by atoms with E-state index in [1.54, 1.807) is 4.57 Å². The van der Waals surface area contributed by atoms with Crippen molar-refractivity contribution in [1.29, 1.82) is 0 Å². The first-order chi connectivity index (χ1) is 21.1. The van der Waals surface area contributed by atoms with Gasteiger partial charge in [-0.05, 0) is 82.4 Å². The lowest BCUT2D eigenvalue weighted by Crippen LogP contribution is -2.42. The van der Waals surface area contributed by atoms with Crippen molar-refractivity contribution in [3.63, 3.8) is 0 Å². The molecule has 0 unspecified atom stereocenters. The molecular formula is C40H36N2OSi. The maximum atomic E-state index is 13.4. The molecule has 5 aromatic carbocycles. The second kappa shape index (κ2) is 9.17. The Morgan fingerprint density at radius 1 is 0.636 bits per heavy atom. The van der Waals surface area contributed by atoms with Crippen LogP contribution in [0.1, 0.15) is 33.4 Å². The summed E-state index contributed by atoms with van der Waals surface area (Å²) in [6.07, 6.45) is 1.93. The number of rotatable bonds is 2. The first-order valence-corrected chi connectivity index (χ1v) is 19.0. The maximum absolute atomic E-state index is 13.4. The third kappa shape index (κ3) is 3.52. The lowest BCUT2D eigenvalue weighted by Gasteiger charge is -2.45. The fraction of sp³-hybridized carbons (Fsp3) is 0.175. The normalized spacial score (nSPS) is 14.4. The monoisotopic (exact) mass is 588 g/mol. The molecule has 1 aromatic heterocycles. The van der Waals surface area contributed by atoms with Gasteiger partial charge in [-0.15, -0.1) is 0 Å². The van der Waals surface area contributed by atoms with Gasteiger partial charge in [0.1, 0.15) is 0 Å². The van der Waals surface area contributed by atoms with Crippen LogP contribution in [0.15, 0.2) is 114 Å². The minimum Gasteiger partial charge on any atom is -0.318 e. The van der Waals surface area contributed by atoms with E-state index in [4.69, 9.17) is 0 Å². The first-order valence-electron chi connectivity index (χ1n) is 15.5. The molecule has 0 saturated heterocycles. The number of aromatic nitrogens is 1. The van der Waals surface area contributed by atoms with E-state index in [9.17, 15) is 4.79 Å². The molecule has 1 aliphatic heterocycles. The molecule has 3 nitrogen and oxygen atoms in total. The van der Waals surface area contributed by atoms with E-state index in [1.807, 2.05) is 13.2 Å². The maximum Gasteiger partial charge on any atom is 0.258 e. The minimum absolute atomic E-state index is 0.0259. The molecular weight excluding hydrogens is 553 g/mol. The van der Waals surface area contributed by atoms with Crippen LogP contribution in [0, 0.1) is 13.8 Å². The molecule has 4 heteroatoms. The van der Waals surface area contributed by atoms with Gasteiger partial charge in [-0.25, -0.2) is 0 Å². The molecule has 1 spiro atoms. The molecule has 216 valence electrons. The molecule has 8 rings (SSSR count). The van der Waals surface area contributed by atoms with Gasteiger partial charge < -0.3 is 9.47 Å². The summed E-state index contributed by atoms with van der Waals surface area (Å²) in [7, 11) is 0.174. The molecule has 0 fully saturated rings. The van der Waals surface area contributed by atoms with Gasteiger partial charge in [0.2, 0.25) is 0 Å². The van der Waals surface area contributed by atoms with E-state index < -0.39 is 13.5 Å². The molecule has 44 heavy (non-hydrogen) atoms. The Hall–Kier alpha value is -4.67. The quantitative estimate of drug-likeness (QED) is 0.189. The van der Waals surface area contributed by atoms with E-state index >= 15 is 0 Å². The zero-order valence-electron chi connectivity index (χ0n) is 26.2. The van der Waals surface area contributed by atoms with Crippen LogP contribution >= 0.6 is 0 Å². The molecule has 0 N–H and O–H groups in total. The largest absolute Gasteiger partial charge is 0.318 e. The van der Waals surface area contributed by atoms with Crippen molar-refractivity contribution in [3.05, 3.63) is 153 Å². The summed E-state index contributed by atoms with van der Waals surface area (Å²) in [5, 5.41) is 3.19. The molecule has 6 aromatic rings. The summed E-state index contributed by atoms with van der Waals surface area (Å²) < 4.78 is 1.70. The minimum atomic E-state index is -1.67. The fourth-order valence-corrected chi connectivity index (χ4v) is 8.97. The molecule has 0 amide bonds. The lowest BCUT2D eigenvalue weighted by atomic mass is 9.64. The van der Waals surface area contributed by atoms with E-state index in [-0.39, 0.29) is 5.56 Å². The van der Waals surface area contributed by atoms with Crippen LogP contribution in [0.3, 0.4) is 0 Å². The number of fused-ring (bicyclic) bond motifs is 10. The standard InChI is InChI=1S/C40H36N2OSi/c1-25-15-19-37-35(21-25)40(33-13-9-7-11-30(33)31-12-8-10-14-34(31)40)36-23-28(44(4,5)6)17-20-38(36)42(37)27-16-18-29-26(2)24-41(3)39(43)32(29)22-27/h7-24H,1-6H3. The van der Waals surface area contributed by atoms with Crippen LogP contribution in [0.2, 0.25) is 19.6 Å². The van der Waals surface area contributed by atoms with Crippen LogP contribution in [0.4, 0.5) is 17.1 Å². The van der Waals surface area contributed by atoms with Crippen LogP contribution in [0.5, 0.6) is 0 Å². The number of benzene rings is 5. The second-order valence-corrected chi connectivity index (χ2v) is 18.7. The predicted molar refractivity (Wildman–Crippen MR) is 187 cm³/mol. The van der Waals surface area contributed by atoms with Gasteiger partial charge in [0.25, 0.3) is 5.56 Å². The van der Waals surface area contributed by atoms with Crippen LogP contribution in [0.25, 0.3) is 21.9 Å². The Morgan fingerprint density at radius 3 is 1.91 bits per heavy atom. The summed E-state index contributed by atoms with van der Waals surface area (Å²) in [6.45, 7) is 11.6. The zero-order valence-corrected chi connectivity index (χ0v) is 27.2. The molecule has 0 bridgehead atoms. The Balaban J connectivity index is 1.54. The van der Waals surface area contributed by atoms with Gasteiger partial charge in [0.15, 0.2) is 0 Å². The molecule has 0 radical (unpaired) electrons. The number of pyridine rings is 1. The van der Waals surface area contributed by atoms with E-state index in [0.717, 1.165) is 27.7 Å². The molecule has 0 atom stereocenters. The van der Waals surface area contributed by atoms with Crippen molar-refractivity contribution >= 4 is 41.1 Å². The average Bonchev–Trinajstić information content (AvgIpc) is 3.31. The van der Waals surface area contributed by atoms with Crippen LogP contribution in [-0.4, -0.2) is 12.6 Å². The summed E-state index contributed by atoms with van der Waals surface area (Å²) in [5.41, 5.74) is 13.1. The number of hydrogen-bond donors (Lipinski definition) is 0. The third-order valence-corrected chi connectivity index (χ3v) is 11.9. The third-order valence-electron chi connectivity index (χ3n) is 9.88. The Bertz CT molecular complexity index is 2190. The molecule has 2 heterocycles. The SMILES string of the molecule is Cc1ccc2c(c1)C1(c3ccccc3-c3ccccc31)c1cc([Si](C)(C)C)ccc1N2c1ccc2c(C)cn(C)c(=O)c2c1. The summed E-state index contributed by atoms with van der Waals surface area (Å²) in [4.78, 5) is 15.8. The first kappa shape index (κ1) is 26.9. The van der Waals surface area contributed by atoms with Gasteiger partial charge in [0, 0.05) is 24.3 Å². The molecule has 2 aliphatic rings. The predicted octanol–water partition coefficient (Wildman–Crippen LogP) is 8.85. The molecule has 0 saturated carbocycles. The number of hydrogen-bond acceptors (Lipinski definition) is 2. The summed E-state index contributed by atoms with van der Waals surface area (Å²) in [6, 6.07) is 38.5. The van der Waals surface area contributed by atoms with Crippen molar-refractivity contribution in [2.75, 3.05) is 4.90 Å². The molecule has 1 aliphatic carbocycles. The highest BCUT2D eigenvalue weighted by molar-refractivity contribution is 6.88. The van der Waals surface area contributed by atoms with Crippen molar-refractivity contribution < 1.29 is 0 Å². The zero-order chi connectivity index (χ0) is 30.5. The number of anilines is 3. The Kier molecular flexibility index (Phi) is 5.61. The Labute approximate surface area is 260 Å². The van der Waals surface area contributed by atoms with Gasteiger partial charge >= 0.3 is 0 Å². The lowest BCUT2D eigenvalue weighted by molar-refractivity contribution is 0.752. The van der Waals surface area contributed by atoms with E-state index in [2.05, 4.69) is 142 Å². The number of aryl methyl sites for hydroxylation is 3. The van der Waals surface area contributed by atoms with Crippen molar-refractivity contribution in [2.24, 2.45) is 7.05 Å².